The Morgan fingerprint density at radius 3 is 2.37 bits per heavy atom. The predicted octanol–water partition coefficient (Wildman–Crippen LogP) is 1.28. The van der Waals surface area contributed by atoms with Gasteiger partial charge >= 0.3 is 0 Å². The van der Waals surface area contributed by atoms with Crippen LogP contribution in [0.1, 0.15) is 33.1 Å². The first kappa shape index (κ1) is 18.4. The number of methoxy groups -OCH3 is 2. The number of rotatable bonds is 12. The summed E-state index contributed by atoms with van der Waals surface area (Å²) in [4.78, 5) is 14.0. The average Bonchev–Trinajstić information content (AvgIpc) is 2.38. The summed E-state index contributed by atoms with van der Waals surface area (Å²) >= 11 is 0. The first-order valence-electron chi connectivity index (χ1n) is 7.10. The molecule has 0 fully saturated rings. The topological polar surface area (TPSA) is 50.8 Å². The van der Waals surface area contributed by atoms with Gasteiger partial charge in [-0.15, -0.1) is 0 Å². The van der Waals surface area contributed by atoms with E-state index in [-0.39, 0.29) is 5.91 Å². The number of nitrogens with zero attached hydrogens (tertiary/aromatic N) is 1. The molecule has 0 saturated heterocycles. The van der Waals surface area contributed by atoms with Gasteiger partial charge in [0, 0.05) is 46.4 Å². The lowest BCUT2D eigenvalue weighted by Gasteiger charge is -2.22. The van der Waals surface area contributed by atoms with Gasteiger partial charge in [0.2, 0.25) is 5.91 Å². The highest BCUT2D eigenvalue weighted by atomic mass is 16.5. The standard InChI is InChI=1S/C14H30N2O3/c1-13(2)15-8-5-7-14(17)16(10-12-19-4)9-6-11-18-3/h13,15H,5-12H2,1-4H3. The normalized spacial score (nSPS) is 11.0. The average molecular weight is 274 g/mol. The van der Waals surface area contributed by atoms with Crippen LogP contribution in [0.5, 0.6) is 0 Å². The second-order valence-corrected chi connectivity index (χ2v) is 4.93. The minimum atomic E-state index is 0.207. The Balaban J connectivity index is 3.92. The van der Waals surface area contributed by atoms with Crippen molar-refractivity contribution in [2.45, 2.75) is 39.2 Å². The van der Waals surface area contributed by atoms with E-state index in [1.54, 1.807) is 14.2 Å². The molecule has 0 unspecified atom stereocenters. The van der Waals surface area contributed by atoms with Gasteiger partial charge in [0.25, 0.3) is 0 Å². The zero-order valence-electron chi connectivity index (χ0n) is 12.9. The molecule has 0 aliphatic heterocycles. The fourth-order valence-electron chi connectivity index (χ4n) is 1.75. The highest BCUT2D eigenvalue weighted by Gasteiger charge is 2.12. The molecule has 0 heterocycles. The van der Waals surface area contributed by atoms with E-state index in [1.165, 1.54) is 0 Å². The van der Waals surface area contributed by atoms with Crippen LogP contribution in [0.4, 0.5) is 0 Å². The molecule has 0 radical (unpaired) electrons. The molecule has 1 amide bonds. The summed E-state index contributed by atoms with van der Waals surface area (Å²) in [5, 5.41) is 3.32. The molecule has 0 aromatic heterocycles. The molecule has 5 heteroatoms. The zero-order chi connectivity index (χ0) is 14.5. The highest BCUT2D eigenvalue weighted by molar-refractivity contribution is 5.76. The maximum Gasteiger partial charge on any atom is 0.222 e. The second kappa shape index (κ2) is 12.4. The highest BCUT2D eigenvalue weighted by Crippen LogP contribution is 2.00. The van der Waals surface area contributed by atoms with Crippen molar-refractivity contribution < 1.29 is 14.3 Å². The van der Waals surface area contributed by atoms with Gasteiger partial charge in [-0.3, -0.25) is 4.79 Å². The summed E-state index contributed by atoms with van der Waals surface area (Å²) in [5.74, 6) is 0.207. The van der Waals surface area contributed by atoms with Gasteiger partial charge in [-0.2, -0.15) is 0 Å². The summed E-state index contributed by atoms with van der Waals surface area (Å²) in [6.07, 6.45) is 2.34. The largest absolute Gasteiger partial charge is 0.385 e. The van der Waals surface area contributed by atoms with Crippen molar-refractivity contribution in [1.82, 2.24) is 10.2 Å². The summed E-state index contributed by atoms with van der Waals surface area (Å²) in [6.45, 7) is 7.79. The van der Waals surface area contributed by atoms with Crippen molar-refractivity contribution in [3.05, 3.63) is 0 Å². The van der Waals surface area contributed by atoms with Crippen LogP contribution >= 0.6 is 0 Å². The third-order valence-corrected chi connectivity index (χ3v) is 2.81. The number of carbonyl (C=O) groups is 1. The van der Waals surface area contributed by atoms with Gasteiger partial charge in [0.15, 0.2) is 0 Å². The molecule has 0 bridgehead atoms. The maximum atomic E-state index is 12.1. The van der Waals surface area contributed by atoms with Crippen molar-refractivity contribution >= 4 is 5.91 Å². The number of ether oxygens (including phenoxy) is 2. The smallest absolute Gasteiger partial charge is 0.222 e. The lowest BCUT2D eigenvalue weighted by molar-refractivity contribution is -0.132. The molecule has 0 atom stereocenters. The van der Waals surface area contributed by atoms with E-state index in [9.17, 15) is 4.79 Å². The number of hydrogen-bond donors (Lipinski definition) is 1. The SMILES string of the molecule is COCCCN(CCOC)C(=O)CCCNC(C)C. The van der Waals surface area contributed by atoms with Gasteiger partial charge in [0.1, 0.15) is 0 Å². The van der Waals surface area contributed by atoms with Crippen molar-refractivity contribution in [2.75, 3.05) is 47.1 Å². The minimum absolute atomic E-state index is 0.207. The molecule has 0 rings (SSSR count). The van der Waals surface area contributed by atoms with Crippen molar-refractivity contribution in [3.63, 3.8) is 0 Å². The van der Waals surface area contributed by atoms with Crippen LogP contribution in [0, 0.1) is 0 Å². The molecule has 0 saturated carbocycles. The molecule has 0 aromatic rings. The zero-order valence-corrected chi connectivity index (χ0v) is 12.9. The molecule has 0 aromatic carbocycles. The van der Waals surface area contributed by atoms with E-state index in [0.717, 1.165) is 25.9 Å². The number of hydrogen-bond acceptors (Lipinski definition) is 4. The Bertz CT molecular complexity index is 223. The van der Waals surface area contributed by atoms with Crippen molar-refractivity contribution in [3.8, 4) is 0 Å². The second-order valence-electron chi connectivity index (χ2n) is 4.93. The third-order valence-electron chi connectivity index (χ3n) is 2.81. The van der Waals surface area contributed by atoms with E-state index in [0.29, 0.717) is 32.2 Å². The molecule has 0 spiro atoms. The maximum absolute atomic E-state index is 12.1. The van der Waals surface area contributed by atoms with Crippen molar-refractivity contribution in [1.29, 1.82) is 0 Å². The van der Waals surface area contributed by atoms with E-state index >= 15 is 0 Å². The first-order chi connectivity index (χ1) is 9.11. The van der Waals surface area contributed by atoms with E-state index in [2.05, 4.69) is 19.2 Å². The van der Waals surface area contributed by atoms with Crippen LogP contribution in [0.3, 0.4) is 0 Å². The van der Waals surface area contributed by atoms with E-state index in [1.807, 2.05) is 4.90 Å². The minimum Gasteiger partial charge on any atom is -0.385 e. The molecule has 1 N–H and O–H groups in total. The van der Waals surface area contributed by atoms with Crippen molar-refractivity contribution in [2.24, 2.45) is 0 Å². The Morgan fingerprint density at radius 1 is 1.11 bits per heavy atom. The summed E-state index contributed by atoms with van der Waals surface area (Å²) < 4.78 is 10.1. The first-order valence-corrected chi connectivity index (χ1v) is 7.10. The molecular formula is C14H30N2O3. The van der Waals surface area contributed by atoms with Gasteiger partial charge in [-0.05, 0) is 19.4 Å². The third kappa shape index (κ3) is 10.9. The molecule has 0 aliphatic carbocycles. The molecule has 19 heavy (non-hydrogen) atoms. The van der Waals surface area contributed by atoms with E-state index in [4.69, 9.17) is 9.47 Å². The Morgan fingerprint density at radius 2 is 1.79 bits per heavy atom. The van der Waals surface area contributed by atoms with Crippen LogP contribution < -0.4 is 5.32 Å². The summed E-state index contributed by atoms with van der Waals surface area (Å²) in [6, 6.07) is 0.474. The Labute approximate surface area is 117 Å². The number of nitrogens with one attached hydrogen (secondary N) is 1. The molecule has 0 aliphatic rings. The molecular weight excluding hydrogens is 244 g/mol. The fraction of sp³-hybridized carbons (Fsp3) is 0.929. The monoisotopic (exact) mass is 274 g/mol. The summed E-state index contributed by atoms with van der Waals surface area (Å²) in [5.41, 5.74) is 0. The predicted molar refractivity (Wildman–Crippen MR) is 77.3 cm³/mol. The van der Waals surface area contributed by atoms with Gasteiger partial charge in [-0.1, -0.05) is 13.8 Å². The summed E-state index contributed by atoms with van der Waals surface area (Å²) in [7, 11) is 3.34. The Hall–Kier alpha value is -0.650. The van der Waals surface area contributed by atoms with Crippen LogP contribution in [0.25, 0.3) is 0 Å². The lowest BCUT2D eigenvalue weighted by Crippen LogP contribution is -2.35. The number of amides is 1. The van der Waals surface area contributed by atoms with E-state index < -0.39 is 0 Å². The van der Waals surface area contributed by atoms with Gasteiger partial charge < -0.3 is 19.7 Å². The van der Waals surface area contributed by atoms with Crippen LogP contribution in [0.2, 0.25) is 0 Å². The lowest BCUT2D eigenvalue weighted by atomic mass is 10.2. The van der Waals surface area contributed by atoms with Gasteiger partial charge in [0.05, 0.1) is 6.61 Å². The number of carbonyl (C=O) groups excluding carboxylic acids is 1. The fourth-order valence-corrected chi connectivity index (χ4v) is 1.75. The van der Waals surface area contributed by atoms with Gasteiger partial charge in [-0.25, -0.2) is 0 Å². The van der Waals surface area contributed by atoms with Crippen LogP contribution in [-0.4, -0.2) is 63.9 Å². The molecule has 5 nitrogen and oxygen atoms in total. The molecule has 114 valence electrons. The van der Waals surface area contributed by atoms with Crippen LogP contribution in [-0.2, 0) is 14.3 Å². The van der Waals surface area contributed by atoms with Crippen LogP contribution in [0.15, 0.2) is 0 Å². The Kier molecular flexibility index (Phi) is 12.0. The quantitative estimate of drug-likeness (QED) is 0.545.